The van der Waals surface area contributed by atoms with Crippen LogP contribution in [-0.4, -0.2) is 18.2 Å². The lowest BCUT2D eigenvalue weighted by atomic mass is 9.93. The summed E-state index contributed by atoms with van der Waals surface area (Å²) in [5, 5.41) is 4.48. The van der Waals surface area contributed by atoms with Gasteiger partial charge in [-0.15, -0.1) is 0 Å². The van der Waals surface area contributed by atoms with E-state index in [1.54, 1.807) is 0 Å². The van der Waals surface area contributed by atoms with E-state index in [0.717, 1.165) is 24.5 Å². The van der Waals surface area contributed by atoms with Crippen molar-refractivity contribution >= 4 is 11.6 Å². The van der Waals surface area contributed by atoms with Crippen LogP contribution in [0.3, 0.4) is 0 Å². The molecule has 0 bridgehead atoms. The Balaban J connectivity index is 1.94. The molecular weight excluding hydrogens is 246 g/mol. The molecule has 3 heteroatoms. The molecule has 1 fully saturated rings. The Morgan fingerprint density at radius 1 is 1.33 bits per heavy atom. The molecule has 0 spiro atoms. The van der Waals surface area contributed by atoms with Crippen LogP contribution in [0.2, 0.25) is 5.02 Å². The molecule has 1 heterocycles. The van der Waals surface area contributed by atoms with Gasteiger partial charge in [0.2, 0.25) is 0 Å². The van der Waals surface area contributed by atoms with E-state index in [0.29, 0.717) is 12.1 Å². The van der Waals surface area contributed by atoms with Crippen molar-refractivity contribution in [2.75, 3.05) is 6.61 Å². The van der Waals surface area contributed by atoms with Gasteiger partial charge in [-0.25, -0.2) is 0 Å². The molecule has 1 aromatic rings. The summed E-state index contributed by atoms with van der Waals surface area (Å²) in [6.45, 7) is 7.37. The SMILES string of the molecule is C[C@@H](NC1CCOC(C)(C)C1)c1ccc(Cl)cc1. The van der Waals surface area contributed by atoms with Gasteiger partial charge in [-0.3, -0.25) is 0 Å². The first-order chi connectivity index (χ1) is 8.46. The number of ether oxygens (including phenoxy) is 1. The van der Waals surface area contributed by atoms with Crippen LogP contribution >= 0.6 is 11.6 Å². The van der Waals surface area contributed by atoms with Gasteiger partial charge in [0.05, 0.1) is 5.60 Å². The van der Waals surface area contributed by atoms with Crippen LogP contribution in [-0.2, 0) is 4.74 Å². The van der Waals surface area contributed by atoms with Gasteiger partial charge in [0.25, 0.3) is 0 Å². The maximum atomic E-state index is 5.91. The minimum Gasteiger partial charge on any atom is -0.375 e. The van der Waals surface area contributed by atoms with Gasteiger partial charge in [-0.2, -0.15) is 0 Å². The first-order valence-corrected chi connectivity index (χ1v) is 6.99. The van der Waals surface area contributed by atoms with Crippen LogP contribution < -0.4 is 5.32 Å². The average Bonchev–Trinajstić information content (AvgIpc) is 2.28. The van der Waals surface area contributed by atoms with Crippen molar-refractivity contribution in [1.29, 1.82) is 0 Å². The standard InChI is InChI=1S/C15H22ClNO/c1-11(12-4-6-13(16)7-5-12)17-14-8-9-18-15(2,3)10-14/h4-7,11,14,17H,8-10H2,1-3H3/t11-,14?/m1/s1. The largest absolute Gasteiger partial charge is 0.375 e. The van der Waals surface area contributed by atoms with Gasteiger partial charge < -0.3 is 10.1 Å². The fourth-order valence-electron chi connectivity index (χ4n) is 2.58. The average molecular weight is 268 g/mol. The summed E-state index contributed by atoms with van der Waals surface area (Å²) in [5.41, 5.74) is 1.28. The zero-order valence-electron chi connectivity index (χ0n) is 11.4. The van der Waals surface area contributed by atoms with E-state index >= 15 is 0 Å². The molecular formula is C15H22ClNO. The second-order valence-corrected chi connectivity index (χ2v) is 6.17. The zero-order valence-corrected chi connectivity index (χ0v) is 12.1. The zero-order chi connectivity index (χ0) is 13.2. The highest BCUT2D eigenvalue weighted by Crippen LogP contribution is 2.26. The quantitative estimate of drug-likeness (QED) is 0.895. The van der Waals surface area contributed by atoms with E-state index in [-0.39, 0.29) is 5.60 Å². The first-order valence-electron chi connectivity index (χ1n) is 6.62. The molecule has 0 amide bonds. The maximum absolute atomic E-state index is 5.91. The van der Waals surface area contributed by atoms with E-state index in [9.17, 15) is 0 Å². The molecule has 0 radical (unpaired) electrons. The summed E-state index contributed by atoms with van der Waals surface area (Å²) in [7, 11) is 0. The van der Waals surface area contributed by atoms with E-state index in [4.69, 9.17) is 16.3 Å². The Morgan fingerprint density at radius 2 is 2.00 bits per heavy atom. The number of hydrogen-bond donors (Lipinski definition) is 1. The highest BCUT2D eigenvalue weighted by Gasteiger charge is 2.29. The minimum atomic E-state index is -0.00433. The second-order valence-electron chi connectivity index (χ2n) is 5.74. The Labute approximate surface area is 115 Å². The summed E-state index contributed by atoms with van der Waals surface area (Å²) in [5.74, 6) is 0. The molecule has 2 rings (SSSR count). The highest BCUT2D eigenvalue weighted by molar-refractivity contribution is 6.30. The minimum absolute atomic E-state index is 0.00433. The van der Waals surface area contributed by atoms with Gasteiger partial charge in [-0.05, 0) is 51.3 Å². The molecule has 1 aliphatic heterocycles. The summed E-state index contributed by atoms with van der Waals surface area (Å²) in [4.78, 5) is 0. The summed E-state index contributed by atoms with van der Waals surface area (Å²) in [6.07, 6.45) is 2.15. The third kappa shape index (κ3) is 3.71. The normalized spacial score (nSPS) is 24.8. The molecule has 1 aliphatic rings. The van der Waals surface area contributed by atoms with E-state index in [2.05, 4.69) is 38.2 Å². The number of halogens is 1. The van der Waals surface area contributed by atoms with E-state index < -0.39 is 0 Å². The lowest BCUT2D eigenvalue weighted by Gasteiger charge is -2.37. The molecule has 1 unspecified atom stereocenters. The Hall–Kier alpha value is -0.570. The lowest BCUT2D eigenvalue weighted by molar-refractivity contribution is -0.0639. The van der Waals surface area contributed by atoms with Crippen LogP contribution in [0.5, 0.6) is 0 Å². The van der Waals surface area contributed by atoms with Crippen molar-refractivity contribution in [2.24, 2.45) is 0 Å². The monoisotopic (exact) mass is 267 g/mol. The van der Waals surface area contributed by atoms with Crippen molar-refractivity contribution in [3.05, 3.63) is 34.9 Å². The van der Waals surface area contributed by atoms with Gasteiger partial charge in [0.1, 0.15) is 0 Å². The predicted octanol–water partition coefficient (Wildman–Crippen LogP) is 3.95. The topological polar surface area (TPSA) is 21.3 Å². The van der Waals surface area contributed by atoms with Crippen LogP contribution in [0, 0.1) is 0 Å². The molecule has 18 heavy (non-hydrogen) atoms. The van der Waals surface area contributed by atoms with Gasteiger partial charge in [0, 0.05) is 23.7 Å². The van der Waals surface area contributed by atoms with Crippen molar-refractivity contribution in [1.82, 2.24) is 5.32 Å². The van der Waals surface area contributed by atoms with Crippen molar-refractivity contribution in [3.63, 3.8) is 0 Å². The van der Waals surface area contributed by atoms with Crippen LogP contribution in [0.15, 0.2) is 24.3 Å². The molecule has 0 aliphatic carbocycles. The fraction of sp³-hybridized carbons (Fsp3) is 0.600. The van der Waals surface area contributed by atoms with Crippen LogP contribution in [0.4, 0.5) is 0 Å². The molecule has 0 saturated carbocycles. The molecule has 100 valence electrons. The molecule has 1 aromatic carbocycles. The lowest BCUT2D eigenvalue weighted by Crippen LogP contribution is -2.44. The van der Waals surface area contributed by atoms with Crippen molar-refractivity contribution < 1.29 is 4.74 Å². The number of benzene rings is 1. The van der Waals surface area contributed by atoms with E-state index in [1.165, 1.54) is 5.56 Å². The molecule has 1 saturated heterocycles. The van der Waals surface area contributed by atoms with Crippen molar-refractivity contribution in [3.8, 4) is 0 Å². The second kappa shape index (κ2) is 5.60. The van der Waals surface area contributed by atoms with Crippen molar-refractivity contribution in [2.45, 2.75) is 51.3 Å². The van der Waals surface area contributed by atoms with E-state index in [1.807, 2.05) is 12.1 Å². The van der Waals surface area contributed by atoms with Gasteiger partial charge >= 0.3 is 0 Å². The summed E-state index contributed by atoms with van der Waals surface area (Å²) >= 11 is 5.91. The Morgan fingerprint density at radius 3 is 2.61 bits per heavy atom. The van der Waals surface area contributed by atoms with Gasteiger partial charge in [-0.1, -0.05) is 23.7 Å². The molecule has 1 N–H and O–H groups in total. The third-order valence-electron chi connectivity index (χ3n) is 3.55. The number of nitrogens with one attached hydrogen (secondary N) is 1. The molecule has 2 atom stereocenters. The summed E-state index contributed by atoms with van der Waals surface area (Å²) < 4.78 is 5.74. The maximum Gasteiger partial charge on any atom is 0.0641 e. The van der Waals surface area contributed by atoms with Crippen LogP contribution in [0.1, 0.15) is 45.2 Å². The highest BCUT2D eigenvalue weighted by atomic mass is 35.5. The smallest absolute Gasteiger partial charge is 0.0641 e. The third-order valence-corrected chi connectivity index (χ3v) is 3.80. The van der Waals surface area contributed by atoms with Crippen LogP contribution in [0.25, 0.3) is 0 Å². The number of hydrogen-bond acceptors (Lipinski definition) is 2. The first kappa shape index (κ1) is 13.9. The molecule has 2 nitrogen and oxygen atoms in total. The number of rotatable bonds is 3. The molecule has 0 aromatic heterocycles. The Kier molecular flexibility index (Phi) is 4.31. The Bertz CT molecular complexity index is 388. The van der Waals surface area contributed by atoms with Gasteiger partial charge in [0.15, 0.2) is 0 Å². The predicted molar refractivity (Wildman–Crippen MR) is 76.1 cm³/mol. The fourth-order valence-corrected chi connectivity index (χ4v) is 2.70. The summed E-state index contributed by atoms with van der Waals surface area (Å²) in [6, 6.07) is 8.95.